The molecule has 2 aromatic carbocycles. The van der Waals surface area contributed by atoms with Gasteiger partial charge in [-0.25, -0.2) is 4.79 Å². The van der Waals surface area contributed by atoms with Crippen molar-refractivity contribution in [1.29, 1.82) is 0 Å². The van der Waals surface area contributed by atoms with Crippen molar-refractivity contribution >= 4 is 34.9 Å². The van der Waals surface area contributed by atoms with Crippen molar-refractivity contribution in [3.8, 4) is 5.75 Å². The van der Waals surface area contributed by atoms with Gasteiger partial charge in [0.1, 0.15) is 12.3 Å². The molecule has 0 heterocycles. The van der Waals surface area contributed by atoms with Crippen molar-refractivity contribution in [3.63, 3.8) is 0 Å². The van der Waals surface area contributed by atoms with Crippen molar-refractivity contribution in [3.05, 3.63) is 53.6 Å². The average molecular weight is 362 g/mol. The first-order chi connectivity index (χ1) is 12.0. The van der Waals surface area contributed by atoms with Gasteiger partial charge in [-0.1, -0.05) is 29.8 Å². The lowest BCUT2D eigenvalue weighted by Crippen LogP contribution is -2.40. The minimum atomic E-state index is -0.392. The number of para-hydroxylation sites is 1. The van der Waals surface area contributed by atoms with Crippen molar-refractivity contribution in [2.24, 2.45) is 0 Å². The van der Waals surface area contributed by atoms with Crippen molar-refractivity contribution in [2.45, 2.75) is 6.92 Å². The number of urea groups is 1. The monoisotopic (exact) mass is 361 g/mol. The molecule has 2 rings (SSSR count). The number of hydrogen-bond acceptors (Lipinski definition) is 3. The number of carbonyl (C=O) groups excluding carboxylic acids is 2. The van der Waals surface area contributed by atoms with E-state index in [4.69, 9.17) is 16.3 Å². The van der Waals surface area contributed by atoms with Gasteiger partial charge in [0.2, 0.25) is 5.91 Å². The molecule has 0 atom stereocenters. The Hall–Kier alpha value is -2.73. The molecule has 6 nitrogen and oxygen atoms in total. The SMILES string of the molecule is CCN(CC(=O)Nc1cccc(OC)c1)C(=O)Nc1ccccc1Cl. The molecule has 0 aliphatic carbocycles. The Labute approximate surface area is 151 Å². The Morgan fingerprint density at radius 2 is 1.88 bits per heavy atom. The zero-order valence-corrected chi connectivity index (χ0v) is 14.8. The predicted octanol–water partition coefficient (Wildman–Crippen LogP) is 3.84. The highest BCUT2D eigenvalue weighted by molar-refractivity contribution is 6.33. The first-order valence-corrected chi connectivity index (χ1v) is 8.15. The van der Waals surface area contributed by atoms with Crippen molar-refractivity contribution in [2.75, 3.05) is 30.8 Å². The normalized spacial score (nSPS) is 10.0. The van der Waals surface area contributed by atoms with Crippen LogP contribution in [0, 0.1) is 0 Å². The topological polar surface area (TPSA) is 70.7 Å². The molecular formula is C18H20ClN3O3. The number of amides is 3. The summed E-state index contributed by atoms with van der Waals surface area (Å²) in [5.41, 5.74) is 1.10. The van der Waals surface area contributed by atoms with Gasteiger partial charge >= 0.3 is 6.03 Å². The van der Waals surface area contributed by atoms with Crippen LogP contribution < -0.4 is 15.4 Å². The van der Waals surface area contributed by atoms with E-state index in [1.807, 2.05) is 0 Å². The number of methoxy groups -OCH3 is 1. The van der Waals surface area contributed by atoms with E-state index in [1.165, 1.54) is 4.90 Å². The Morgan fingerprint density at radius 1 is 1.12 bits per heavy atom. The molecule has 0 spiro atoms. The molecule has 25 heavy (non-hydrogen) atoms. The second-order valence-corrected chi connectivity index (χ2v) is 5.61. The largest absolute Gasteiger partial charge is 0.497 e. The molecule has 0 bridgehead atoms. The van der Waals surface area contributed by atoms with E-state index < -0.39 is 6.03 Å². The fraction of sp³-hybridized carbons (Fsp3) is 0.222. The Balaban J connectivity index is 1.97. The molecule has 0 radical (unpaired) electrons. The number of carbonyl (C=O) groups is 2. The number of rotatable bonds is 6. The minimum Gasteiger partial charge on any atom is -0.497 e. The summed E-state index contributed by atoms with van der Waals surface area (Å²) in [5, 5.41) is 5.89. The predicted molar refractivity (Wildman–Crippen MR) is 99.3 cm³/mol. The van der Waals surface area contributed by atoms with E-state index in [2.05, 4.69) is 10.6 Å². The zero-order valence-electron chi connectivity index (χ0n) is 14.1. The van der Waals surface area contributed by atoms with E-state index in [-0.39, 0.29) is 12.5 Å². The van der Waals surface area contributed by atoms with E-state index in [0.29, 0.717) is 28.7 Å². The Bertz CT molecular complexity index is 752. The highest BCUT2D eigenvalue weighted by atomic mass is 35.5. The summed E-state index contributed by atoms with van der Waals surface area (Å²) in [6, 6.07) is 13.5. The number of ether oxygens (including phenoxy) is 1. The highest BCUT2D eigenvalue weighted by Gasteiger charge is 2.16. The maximum Gasteiger partial charge on any atom is 0.322 e. The van der Waals surface area contributed by atoms with Crippen molar-refractivity contribution in [1.82, 2.24) is 4.90 Å². The smallest absolute Gasteiger partial charge is 0.322 e. The van der Waals surface area contributed by atoms with E-state index in [0.717, 1.165) is 0 Å². The van der Waals surface area contributed by atoms with Crippen LogP contribution in [0.25, 0.3) is 0 Å². The van der Waals surface area contributed by atoms with Gasteiger partial charge in [-0.15, -0.1) is 0 Å². The second kappa shape index (κ2) is 8.94. The van der Waals surface area contributed by atoms with Crippen LogP contribution in [0.3, 0.4) is 0 Å². The number of hydrogen-bond donors (Lipinski definition) is 2. The van der Waals surface area contributed by atoms with Gasteiger partial charge in [-0.3, -0.25) is 4.79 Å². The molecule has 0 aliphatic rings. The summed E-state index contributed by atoms with van der Waals surface area (Å²) in [6.07, 6.45) is 0. The maximum atomic E-state index is 12.3. The van der Waals surface area contributed by atoms with Crippen LogP contribution >= 0.6 is 11.6 Å². The summed E-state index contributed by atoms with van der Waals surface area (Å²) < 4.78 is 5.12. The lowest BCUT2D eigenvalue weighted by molar-refractivity contribution is -0.116. The molecule has 3 amide bonds. The number of nitrogens with zero attached hydrogens (tertiary/aromatic N) is 1. The number of nitrogens with one attached hydrogen (secondary N) is 2. The first-order valence-electron chi connectivity index (χ1n) is 7.78. The molecule has 2 N–H and O–H groups in total. The lowest BCUT2D eigenvalue weighted by atomic mass is 10.3. The van der Waals surface area contributed by atoms with Crippen LogP contribution in [0.15, 0.2) is 48.5 Å². The van der Waals surface area contributed by atoms with Crippen LogP contribution in [0.2, 0.25) is 5.02 Å². The van der Waals surface area contributed by atoms with Gasteiger partial charge in [0.25, 0.3) is 0 Å². The summed E-state index contributed by atoms with van der Waals surface area (Å²) in [4.78, 5) is 25.9. The summed E-state index contributed by atoms with van der Waals surface area (Å²) in [7, 11) is 1.55. The van der Waals surface area contributed by atoms with Crippen LogP contribution in [-0.4, -0.2) is 37.0 Å². The molecule has 7 heteroatoms. The molecule has 0 unspecified atom stereocenters. The molecule has 132 valence electrons. The quantitative estimate of drug-likeness (QED) is 0.821. The zero-order chi connectivity index (χ0) is 18.2. The van der Waals surface area contributed by atoms with Gasteiger partial charge in [0, 0.05) is 18.3 Å². The van der Waals surface area contributed by atoms with Gasteiger partial charge < -0.3 is 20.3 Å². The third kappa shape index (κ3) is 5.39. The van der Waals surface area contributed by atoms with Crippen molar-refractivity contribution < 1.29 is 14.3 Å². The third-order valence-electron chi connectivity index (χ3n) is 3.47. The molecule has 0 saturated carbocycles. The molecular weight excluding hydrogens is 342 g/mol. The van der Waals surface area contributed by atoms with Gasteiger partial charge in [0.05, 0.1) is 17.8 Å². The van der Waals surface area contributed by atoms with Crippen LogP contribution in [0.4, 0.5) is 16.2 Å². The Morgan fingerprint density at radius 3 is 2.56 bits per heavy atom. The number of halogens is 1. The summed E-state index contributed by atoms with van der Waals surface area (Å²) >= 11 is 6.03. The summed E-state index contributed by atoms with van der Waals surface area (Å²) in [5.74, 6) is 0.339. The third-order valence-corrected chi connectivity index (χ3v) is 3.80. The minimum absolute atomic E-state index is 0.0794. The van der Waals surface area contributed by atoms with Crippen LogP contribution in [0.5, 0.6) is 5.75 Å². The lowest BCUT2D eigenvalue weighted by Gasteiger charge is -2.21. The van der Waals surface area contributed by atoms with Crippen LogP contribution in [-0.2, 0) is 4.79 Å². The van der Waals surface area contributed by atoms with E-state index in [9.17, 15) is 9.59 Å². The summed E-state index contributed by atoms with van der Waals surface area (Å²) in [6.45, 7) is 2.09. The molecule has 0 saturated heterocycles. The number of anilines is 2. The average Bonchev–Trinajstić information content (AvgIpc) is 2.61. The van der Waals surface area contributed by atoms with E-state index >= 15 is 0 Å². The number of likely N-dealkylation sites (N-methyl/N-ethyl adjacent to an activating group) is 1. The highest BCUT2D eigenvalue weighted by Crippen LogP contribution is 2.21. The molecule has 0 aromatic heterocycles. The van der Waals surface area contributed by atoms with Gasteiger partial charge in [0.15, 0.2) is 0 Å². The van der Waals surface area contributed by atoms with Gasteiger partial charge in [-0.2, -0.15) is 0 Å². The Kier molecular flexibility index (Phi) is 6.65. The first kappa shape index (κ1) is 18.6. The molecule has 0 aliphatic heterocycles. The second-order valence-electron chi connectivity index (χ2n) is 5.20. The maximum absolute atomic E-state index is 12.3. The fourth-order valence-electron chi connectivity index (χ4n) is 2.16. The standard InChI is InChI=1S/C18H20ClN3O3/c1-3-22(18(24)21-16-10-5-4-9-15(16)19)12-17(23)20-13-7-6-8-14(11-13)25-2/h4-11H,3,12H2,1-2H3,(H,20,23)(H,21,24). The number of benzene rings is 2. The molecule has 0 fully saturated rings. The molecule has 2 aromatic rings. The van der Waals surface area contributed by atoms with E-state index in [1.54, 1.807) is 62.6 Å². The van der Waals surface area contributed by atoms with Crippen LogP contribution in [0.1, 0.15) is 6.92 Å². The fourth-order valence-corrected chi connectivity index (χ4v) is 2.34. The van der Waals surface area contributed by atoms with Gasteiger partial charge in [-0.05, 0) is 31.2 Å².